The molecule has 0 bridgehead atoms. The number of hydrogen-bond acceptors (Lipinski definition) is 5. The zero-order valence-corrected chi connectivity index (χ0v) is 13.5. The van der Waals surface area contributed by atoms with Crippen molar-refractivity contribution in [3.63, 3.8) is 0 Å². The van der Waals surface area contributed by atoms with Crippen molar-refractivity contribution in [1.29, 1.82) is 0 Å². The normalized spacial score (nSPS) is 22.2. The molecule has 3 heterocycles. The highest BCUT2D eigenvalue weighted by Crippen LogP contribution is 2.33. The smallest absolute Gasteiger partial charge is 0.262 e. The summed E-state index contributed by atoms with van der Waals surface area (Å²) < 4.78 is 0. The van der Waals surface area contributed by atoms with Crippen molar-refractivity contribution in [3.8, 4) is 0 Å². The Bertz CT molecular complexity index is 830. The van der Waals surface area contributed by atoms with Gasteiger partial charge in [0.2, 0.25) is 17.7 Å². The lowest BCUT2D eigenvalue weighted by atomic mass is 10.0. The van der Waals surface area contributed by atoms with Crippen LogP contribution in [0.5, 0.6) is 0 Å². The Morgan fingerprint density at radius 3 is 2.08 bits per heavy atom. The molecule has 1 atom stereocenters. The van der Waals surface area contributed by atoms with E-state index in [1.165, 1.54) is 6.92 Å². The van der Waals surface area contributed by atoms with Crippen molar-refractivity contribution in [2.45, 2.75) is 38.9 Å². The van der Waals surface area contributed by atoms with E-state index in [9.17, 15) is 24.0 Å². The fourth-order valence-electron chi connectivity index (χ4n) is 3.59. The van der Waals surface area contributed by atoms with Crippen LogP contribution in [0.2, 0.25) is 0 Å². The van der Waals surface area contributed by atoms with E-state index in [-0.39, 0.29) is 29.9 Å². The van der Waals surface area contributed by atoms with Gasteiger partial charge in [0, 0.05) is 26.4 Å². The molecule has 1 saturated heterocycles. The fourth-order valence-corrected chi connectivity index (χ4v) is 3.59. The number of amides is 5. The molecule has 3 aliphatic heterocycles. The highest BCUT2D eigenvalue weighted by Gasteiger charge is 2.45. The van der Waals surface area contributed by atoms with Crippen molar-refractivity contribution in [2.75, 3.05) is 0 Å². The summed E-state index contributed by atoms with van der Waals surface area (Å²) in [6, 6.07) is 2.31. The van der Waals surface area contributed by atoms with E-state index < -0.39 is 29.7 Å². The van der Waals surface area contributed by atoms with Crippen LogP contribution in [0.15, 0.2) is 12.1 Å². The molecule has 1 aromatic rings. The van der Waals surface area contributed by atoms with E-state index in [1.54, 1.807) is 17.0 Å². The Labute approximate surface area is 142 Å². The fraction of sp³-hybridized carbons (Fsp3) is 0.353. The number of fused-ring (bicyclic) bond motifs is 2. The van der Waals surface area contributed by atoms with Crippen LogP contribution in [0, 0.1) is 0 Å². The van der Waals surface area contributed by atoms with Gasteiger partial charge in [-0.05, 0) is 29.7 Å². The molecule has 3 aliphatic rings. The van der Waals surface area contributed by atoms with Crippen LogP contribution in [0.25, 0.3) is 0 Å². The number of imide groups is 2. The zero-order valence-electron chi connectivity index (χ0n) is 13.5. The van der Waals surface area contributed by atoms with Gasteiger partial charge in [0.1, 0.15) is 6.04 Å². The molecular weight excluding hydrogens is 326 g/mol. The van der Waals surface area contributed by atoms with Gasteiger partial charge in [-0.25, -0.2) is 0 Å². The van der Waals surface area contributed by atoms with Gasteiger partial charge in [-0.3, -0.25) is 34.2 Å². The number of carbonyl (C=O) groups is 5. The lowest BCUT2D eigenvalue weighted by Crippen LogP contribution is -2.54. The first-order chi connectivity index (χ1) is 11.9. The molecule has 25 heavy (non-hydrogen) atoms. The predicted octanol–water partition coefficient (Wildman–Crippen LogP) is -0.0501. The molecule has 5 amide bonds. The van der Waals surface area contributed by atoms with Gasteiger partial charge < -0.3 is 4.90 Å². The SMILES string of the molecule is CC(=O)N1Cc2cc3c(cc2C1)C(=O)N(C1CCC(=O)NC1=O)C3=O. The minimum Gasteiger partial charge on any atom is -0.334 e. The summed E-state index contributed by atoms with van der Waals surface area (Å²) >= 11 is 0. The van der Waals surface area contributed by atoms with E-state index in [0.29, 0.717) is 13.1 Å². The molecule has 1 N–H and O–H groups in total. The molecule has 0 saturated carbocycles. The predicted molar refractivity (Wildman–Crippen MR) is 83.0 cm³/mol. The van der Waals surface area contributed by atoms with Crippen molar-refractivity contribution in [1.82, 2.24) is 15.1 Å². The van der Waals surface area contributed by atoms with Gasteiger partial charge in [0.05, 0.1) is 11.1 Å². The minimum atomic E-state index is -0.964. The first kappa shape index (κ1) is 15.5. The lowest BCUT2D eigenvalue weighted by molar-refractivity contribution is -0.136. The molecule has 1 unspecified atom stereocenters. The van der Waals surface area contributed by atoms with Crippen molar-refractivity contribution in [3.05, 3.63) is 34.4 Å². The van der Waals surface area contributed by atoms with Gasteiger partial charge in [0.25, 0.3) is 11.8 Å². The third-order valence-electron chi connectivity index (χ3n) is 4.93. The van der Waals surface area contributed by atoms with Gasteiger partial charge in [-0.15, -0.1) is 0 Å². The maximum Gasteiger partial charge on any atom is 0.262 e. The Hall–Kier alpha value is -3.03. The topological polar surface area (TPSA) is 104 Å². The molecule has 0 aromatic heterocycles. The van der Waals surface area contributed by atoms with E-state index in [1.807, 2.05) is 0 Å². The summed E-state index contributed by atoms with van der Waals surface area (Å²) in [5, 5.41) is 2.17. The van der Waals surface area contributed by atoms with E-state index >= 15 is 0 Å². The summed E-state index contributed by atoms with van der Waals surface area (Å²) in [6.45, 7) is 2.27. The van der Waals surface area contributed by atoms with Crippen molar-refractivity contribution >= 4 is 29.5 Å². The number of hydrogen-bond donors (Lipinski definition) is 1. The van der Waals surface area contributed by atoms with Crippen LogP contribution in [-0.2, 0) is 27.5 Å². The third kappa shape index (κ3) is 2.25. The molecular formula is C17H15N3O5. The summed E-state index contributed by atoms with van der Waals surface area (Å²) in [4.78, 5) is 62.8. The molecule has 0 aliphatic carbocycles. The van der Waals surface area contributed by atoms with Crippen LogP contribution in [0.1, 0.15) is 51.6 Å². The number of benzene rings is 1. The van der Waals surface area contributed by atoms with Gasteiger partial charge in [-0.1, -0.05) is 0 Å². The van der Waals surface area contributed by atoms with E-state index in [2.05, 4.69) is 5.32 Å². The second-order valence-electron chi connectivity index (χ2n) is 6.49. The summed E-state index contributed by atoms with van der Waals surface area (Å²) in [5.74, 6) is -2.15. The van der Waals surface area contributed by atoms with Crippen LogP contribution in [-0.4, -0.2) is 45.4 Å². The molecule has 0 spiro atoms. The third-order valence-corrected chi connectivity index (χ3v) is 4.93. The van der Waals surface area contributed by atoms with Gasteiger partial charge in [-0.2, -0.15) is 0 Å². The van der Waals surface area contributed by atoms with Crippen LogP contribution < -0.4 is 5.32 Å². The Kier molecular flexibility index (Phi) is 3.24. The quantitative estimate of drug-likeness (QED) is 0.721. The van der Waals surface area contributed by atoms with Crippen LogP contribution >= 0.6 is 0 Å². The average Bonchev–Trinajstić information content (AvgIpc) is 3.07. The lowest BCUT2D eigenvalue weighted by Gasteiger charge is -2.27. The number of carbonyl (C=O) groups excluding carboxylic acids is 5. The number of nitrogens with one attached hydrogen (secondary N) is 1. The Balaban J connectivity index is 1.67. The molecule has 1 aromatic carbocycles. The van der Waals surface area contributed by atoms with Gasteiger partial charge >= 0.3 is 0 Å². The Morgan fingerprint density at radius 1 is 1.04 bits per heavy atom. The summed E-state index contributed by atoms with van der Waals surface area (Å²) in [7, 11) is 0. The maximum atomic E-state index is 12.7. The van der Waals surface area contributed by atoms with E-state index in [0.717, 1.165) is 16.0 Å². The largest absolute Gasteiger partial charge is 0.334 e. The number of piperidine rings is 1. The summed E-state index contributed by atoms with van der Waals surface area (Å²) in [5.41, 5.74) is 2.16. The summed E-state index contributed by atoms with van der Waals surface area (Å²) in [6.07, 6.45) is 0.224. The molecule has 128 valence electrons. The Morgan fingerprint density at radius 2 is 1.60 bits per heavy atom. The number of rotatable bonds is 1. The molecule has 0 radical (unpaired) electrons. The molecule has 8 heteroatoms. The maximum absolute atomic E-state index is 12.7. The highest BCUT2D eigenvalue weighted by molar-refractivity contribution is 6.23. The van der Waals surface area contributed by atoms with Crippen LogP contribution in [0.4, 0.5) is 0 Å². The van der Waals surface area contributed by atoms with Gasteiger partial charge in [0.15, 0.2) is 0 Å². The van der Waals surface area contributed by atoms with Crippen molar-refractivity contribution in [2.24, 2.45) is 0 Å². The monoisotopic (exact) mass is 341 g/mol. The first-order valence-electron chi connectivity index (χ1n) is 7.99. The number of nitrogens with zero attached hydrogens (tertiary/aromatic N) is 2. The first-order valence-corrected chi connectivity index (χ1v) is 7.99. The highest BCUT2D eigenvalue weighted by atomic mass is 16.2. The average molecular weight is 341 g/mol. The van der Waals surface area contributed by atoms with E-state index in [4.69, 9.17) is 0 Å². The minimum absolute atomic E-state index is 0.0702. The molecule has 1 fully saturated rings. The van der Waals surface area contributed by atoms with Crippen LogP contribution in [0.3, 0.4) is 0 Å². The zero-order chi connectivity index (χ0) is 17.9. The molecule has 8 nitrogen and oxygen atoms in total. The van der Waals surface area contributed by atoms with Crippen molar-refractivity contribution < 1.29 is 24.0 Å². The second-order valence-corrected chi connectivity index (χ2v) is 6.49. The second kappa shape index (κ2) is 5.23. The molecule has 4 rings (SSSR count). The standard InChI is InChI=1S/C17H15N3O5/c1-8(21)19-6-9-4-11-12(5-10(9)7-19)17(25)20(16(11)24)13-2-3-14(22)18-15(13)23/h4-5,13H,2-3,6-7H2,1H3,(H,18,22,23).